The van der Waals surface area contributed by atoms with Crippen molar-refractivity contribution in [1.29, 1.82) is 0 Å². The van der Waals surface area contributed by atoms with E-state index in [1.54, 1.807) is 6.20 Å². The summed E-state index contributed by atoms with van der Waals surface area (Å²) in [5.41, 5.74) is 9.81. The first-order valence-electron chi connectivity index (χ1n) is 6.55. The monoisotopic (exact) mass is 264 g/mol. The molecule has 0 amide bonds. The van der Waals surface area contributed by atoms with E-state index in [-0.39, 0.29) is 0 Å². The smallest absolute Gasteiger partial charge is 0.122 e. The Bertz CT molecular complexity index is 753. The maximum absolute atomic E-state index is 5.90. The van der Waals surface area contributed by atoms with Crippen LogP contribution in [0, 0.1) is 6.92 Å². The second kappa shape index (κ2) is 5.21. The fourth-order valence-corrected chi connectivity index (χ4v) is 2.16. The van der Waals surface area contributed by atoms with E-state index in [9.17, 15) is 0 Å². The van der Waals surface area contributed by atoms with Crippen LogP contribution in [-0.2, 0) is 6.61 Å². The number of nitrogens with two attached hydrogens (primary N) is 1. The zero-order valence-electron chi connectivity index (χ0n) is 11.3. The summed E-state index contributed by atoms with van der Waals surface area (Å²) in [6.45, 7) is 2.52. The number of anilines is 1. The molecule has 0 radical (unpaired) electrons. The molecule has 2 N–H and O–H groups in total. The van der Waals surface area contributed by atoms with Gasteiger partial charge in [0.1, 0.15) is 12.4 Å². The number of fused-ring (bicyclic) bond motifs is 1. The van der Waals surface area contributed by atoms with E-state index in [0.717, 1.165) is 33.5 Å². The van der Waals surface area contributed by atoms with Gasteiger partial charge in [-0.3, -0.25) is 4.98 Å². The summed E-state index contributed by atoms with van der Waals surface area (Å²) in [4.78, 5) is 4.33. The summed E-state index contributed by atoms with van der Waals surface area (Å²) in [5, 5.41) is 1.11. The van der Waals surface area contributed by atoms with E-state index in [4.69, 9.17) is 10.5 Å². The zero-order chi connectivity index (χ0) is 13.9. The molecule has 2 aromatic carbocycles. The number of nitrogens with zero attached hydrogens (tertiary/aromatic N) is 1. The molecule has 20 heavy (non-hydrogen) atoms. The Kier molecular flexibility index (Phi) is 3.25. The van der Waals surface area contributed by atoms with Crippen molar-refractivity contribution in [3.8, 4) is 5.75 Å². The third-order valence-corrected chi connectivity index (χ3v) is 3.46. The number of pyridine rings is 1. The summed E-state index contributed by atoms with van der Waals surface area (Å²) < 4.78 is 5.84. The first-order chi connectivity index (χ1) is 9.74. The normalized spacial score (nSPS) is 10.7. The molecule has 0 aliphatic rings. The molecule has 1 heterocycles. The number of ether oxygens (including phenoxy) is 1. The van der Waals surface area contributed by atoms with Crippen LogP contribution in [0.5, 0.6) is 5.75 Å². The van der Waals surface area contributed by atoms with Gasteiger partial charge < -0.3 is 10.5 Å². The van der Waals surface area contributed by atoms with Gasteiger partial charge in [-0.15, -0.1) is 0 Å². The molecule has 3 aromatic rings. The fourth-order valence-electron chi connectivity index (χ4n) is 2.16. The van der Waals surface area contributed by atoms with Crippen LogP contribution in [0.15, 0.2) is 54.7 Å². The van der Waals surface area contributed by atoms with Crippen LogP contribution >= 0.6 is 0 Å². The number of hydrogen-bond acceptors (Lipinski definition) is 3. The molecule has 0 atom stereocenters. The average molecular weight is 264 g/mol. The van der Waals surface area contributed by atoms with Crippen molar-refractivity contribution < 1.29 is 4.74 Å². The predicted molar refractivity (Wildman–Crippen MR) is 81.7 cm³/mol. The van der Waals surface area contributed by atoms with Gasteiger partial charge in [0.2, 0.25) is 0 Å². The van der Waals surface area contributed by atoms with Crippen LogP contribution < -0.4 is 10.5 Å². The van der Waals surface area contributed by atoms with Crippen molar-refractivity contribution >= 4 is 16.6 Å². The van der Waals surface area contributed by atoms with Crippen molar-refractivity contribution in [1.82, 2.24) is 4.98 Å². The molecule has 3 heteroatoms. The Balaban J connectivity index is 1.81. The summed E-state index contributed by atoms with van der Waals surface area (Å²) >= 11 is 0. The molecule has 0 fully saturated rings. The summed E-state index contributed by atoms with van der Waals surface area (Å²) in [6.07, 6.45) is 1.79. The third kappa shape index (κ3) is 2.43. The lowest BCUT2D eigenvalue weighted by molar-refractivity contribution is 0.306. The molecule has 0 saturated heterocycles. The largest absolute Gasteiger partial charge is 0.489 e. The standard InChI is InChI=1S/C17H16N2O/c1-12-14(4-2-6-16(12)18)11-20-15-8-7-13-5-3-9-19-17(13)10-15/h2-10H,11,18H2,1H3. The molecular formula is C17H16N2O. The van der Waals surface area contributed by atoms with Gasteiger partial charge in [-0.25, -0.2) is 0 Å². The van der Waals surface area contributed by atoms with Gasteiger partial charge in [-0.1, -0.05) is 18.2 Å². The van der Waals surface area contributed by atoms with Gasteiger partial charge >= 0.3 is 0 Å². The SMILES string of the molecule is Cc1c(N)cccc1COc1ccc2cccnc2c1. The van der Waals surface area contributed by atoms with Gasteiger partial charge in [0.25, 0.3) is 0 Å². The molecule has 0 aliphatic carbocycles. The van der Waals surface area contributed by atoms with Crippen LogP contribution in [0.1, 0.15) is 11.1 Å². The number of rotatable bonds is 3. The molecule has 0 bridgehead atoms. The van der Waals surface area contributed by atoms with Crippen molar-refractivity contribution in [2.75, 3.05) is 5.73 Å². The van der Waals surface area contributed by atoms with Gasteiger partial charge in [0.15, 0.2) is 0 Å². The minimum Gasteiger partial charge on any atom is -0.489 e. The van der Waals surface area contributed by atoms with Crippen LogP contribution in [0.3, 0.4) is 0 Å². The highest BCUT2D eigenvalue weighted by Gasteiger charge is 2.03. The Hall–Kier alpha value is -2.55. The van der Waals surface area contributed by atoms with Gasteiger partial charge in [0.05, 0.1) is 5.52 Å². The summed E-state index contributed by atoms with van der Waals surface area (Å²) in [6, 6.07) is 15.8. The second-order valence-electron chi connectivity index (χ2n) is 4.78. The third-order valence-electron chi connectivity index (χ3n) is 3.46. The number of hydrogen-bond donors (Lipinski definition) is 1. The Morgan fingerprint density at radius 3 is 2.90 bits per heavy atom. The Morgan fingerprint density at radius 1 is 1.10 bits per heavy atom. The predicted octanol–water partition coefficient (Wildman–Crippen LogP) is 3.70. The number of aromatic nitrogens is 1. The van der Waals surface area contributed by atoms with Gasteiger partial charge in [-0.05, 0) is 42.3 Å². The molecule has 0 saturated carbocycles. The van der Waals surface area contributed by atoms with Crippen molar-refractivity contribution in [2.24, 2.45) is 0 Å². The molecular weight excluding hydrogens is 248 g/mol. The first kappa shape index (κ1) is 12.5. The maximum atomic E-state index is 5.90. The van der Waals surface area contributed by atoms with Crippen molar-refractivity contribution in [3.05, 3.63) is 65.9 Å². The lowest BCUT2D eigenvalue weighted by atomic mass is 10.1. The highest BCUT2D eigenvalue weighted by molar-refractivity contribution is 5.79. The Labute approximate surface area is 118 Å². The van der Waals surface area contributed by atoms with E-state index >= 15 is 0 Å². The van der Waals surface area contributed by atoms with Crippen LogP contribution in [0.2, 0.25) is 0 Å². The molecule has 0 unspecified atom stereocenters. The van der Waals surface area contributed by atoms with Crippen LogP contribution in [0.4, 0.5) is 5.69 Å². The lowest BCUT2D eigenvalue weighted by Crippen LogP contribution is -2.00. The highest BCUT2D eigenvalue weighted by atomic mass is 16.5. The van der Waals surface area contributed by atoms with Crippen molar-refractivity contribution in [3.63, 3.8) is 0 Å². The van der Waals surface area contributed by atoms with Gasteiger partial charge in [0, 0.05) is 23.3 Å². The number of nitrogen functional groups attached to an aromatic ring is 1. The summed E-state index contributed by atoms with van der Waals surface area (Å²) in [5.74, 6) is 0.818. The van der Waals surface area contributed by atoms with E-state index in [1.165, 1.54) is 0 Å². The molecule has 0 spiro atoms. The van der Waals surface area contributed by atoms with Gasteiger partial charge in [-0.2, -0.15) is 0 Å². The first-order valence-corrected chi connectivity index (χ1v) is 6.55. The maximum Gasteiger partial charge on any atom is 0.122 e. The quantitative estimate of drug-likeness (QED) is 0.734. The molecule has 3 rings (SSSR count). The second-order valence-corrected chi connectivity index (χ2v) is 4.78. The van der Waals surface area contributed by atoms with E-state index in [1.807, 2.05) is 55.5 Å². The minimum atomic E-state index is 0.509. The number of benzene rings is 2. The average Bonchev–Trinajstić information content (AvgIpc) is 2.48. The Morgan fingerprint density at radius 2 is 2.00 bits per heavy atom. The van der Waals surface area contributed by atoms with E-state index < -0.39 is 0 Å². The fraction of sp³-hybridized carbons (Fsp3) is 0.118. The van der Waals surface area contributed by atoms with E-state index in [2.05, 4.69) is 4.98 Å². The zero-order valence-corrected chi connectivity index (χ0v) is 11.3. The molecule has 3 nitrogen and oxygen atoms in total. The molecule has 1 aromatic heterocycles. The van der Waals surface area contributed by atoms with Crippen LogP contribution in [-0.4, -0.2) is 4.98 Å². The highest BCUT2D eigenvalue weighted by Crippen LogP contribution is 2.21. The van der Waals surface area contributed by atoms with E-state index in [0.29, 0.717) is 6.61 Å². The molecule has 0 aliphatic heterocycles. The molecule has 100 valence electrons. The minimum absolute atomic E-state index is 0.509. The van der Waals surface area contributed by atoms with Crippen molar-refractivity contribution in [2.45, 2.75) is 13.5 Å². The van der Waals surface area contributed by atoms with Crippen LogP contribution in [0.25, 0.3) is 10.9 Å². The topological polar surface area (TPSA) is 48.1 Å². The summed E-state index contributed by atoms with van der Waals surface area (Å²) in [7, 11) is 0. The lowest BCUT2D eigenvalue weighted by Gasteiger charge is -2.10.